The Morgan fingerprint density at radius 3 is 1.81 bits per heavy atom. The topological polar surface area (TPSA) is 66.2 Å². The largest absolute Gasteiger partial charge is 0.508 e. The van der Waals surface area contributed by atoms with Crippen LogP contribution in [0.15, 0.2) is 91.0 Å². The summed E-state index contributed by atoms with van der Waals surface area (Å²) in [6.45, 7) is 0. The molecule has 4 aromatic rings. The molecule has 0 aliphatic carbocycles. The van der Waals surface area contributed by atoms with Gasteiger partial charge in [0.2, 0.25) is 0 Å². The zero-order chi connectivity index (χ0) is 18.6. The van der Waals surface area contributed by atoms with Crippen molar-refractivity contribution in [1.29, 1.82) is 0 Å². The molecular weight excluding hydrogens is 335 g/mol. The predicted molar refractivity (Wildman–Crippen MR) is 108 cm³/mol. The standard InChI is InChI=1S/C22H17BN2O2/c26-23(27)22-13-7-12-19(25-22)21-15-18(16-8-3-1-4-9-16)14-20(24-21)17-10-5-2-6-11-17/h1-15,26-27H. The third-order valence-corrected chi connectivity index (χ3v) is 4.30. The lowest BCUT2D eigenvalue weighted by atomic mass is 9.85. The Bertz CT molecular complexity index is 996. The Balaban J connectivity index is 1.90. The van der Waals surface area contributed by atoms with Crippen molar-refractivity contribution in [3.05, 3.63) is 91.0 Å². The highest BCUT2D eigenvalue weighted by molar-refractivity contribution is 6.57. The van der Waals surface area contributed by atoms with Crippen LogP contribution >= 0.6 is 0 Å². The fourth-order valence-electron chi connectivity index (χ4n) is 2.95. The summed E-state index contributed by atoms with van der Waals surface area (Å²) in [5, 5.41) is 18.9. The molecule has 2 heterocycles. The van der Waals surface area contributed by atoms with Gasteiger partial charge in [-0.1, -0.05) is 66.7 Å². The molecule has 0 aliphatic rings. The van der Waals surface area contributed by atoms with E-state index in [-0.39, 0.29) is 5.59 Å². The number of pyridine rings is 2. The summed E-state index contributed by atoms with van der Waals surface area (Å²) in [4.78, 5) is 9.12. The molecule has 4 rings (SSSR count). The van der Waals surface area contributed by atoms with E-state index >= 15 is 0 Å². The molecule has 2 aromatic heterocycles. The van der Waals surface area contributed by atoms with Crippen molar-refractivity contribution < 1.29 is 10.0 Å². The maximum atomic E-state index is 9.43. The summed E-state index contributed by atoms with van der Waals surface area (Å²) in [5.74, 6) is 0. The van der Waals surface area contributed by atoms with Crippen molar-refractivity contribution in [2.75, 3.05) is 0 Å². The quantitative estimate of drug-likeness (QED) is 0.554. The van der Waals surface area contributed by atoms with Gasteiger partial charge in [0.05, 0.1) is 22.7 Å². The van der Waals surface area contributed by atoms with E-state index < -0.39 is 7.12 Å². The van der Waals surface area contributed by atoms with Crippen molar-refractivity contribution in [2.45, 2.75) is 0 Å². The fourth-order valence-corrected chi connectivity index (χ4v) is 2.95. The van der Waals surface area contributed by atoms with Crippen LogP contribution in [0.2, 0.25) is 0 Å². The normalized spacial score (nSPS) is 10.6. The summed E-state index contributed by atoms with van der Waals surface area (Å²) in [5.41, 5.74) is 5.42. The van der Waals surface area contributed by atoms with Crippen LogP contribution in [-0.4, -0.2) is 27.1 Å². The predicted octanol–water partition coefficient (Wildman–Crippen LogP) is 3.16. The van der Waals surface area contributed by atoms with E-state index in [0.717, 1.165) is 22.4 Å². The Hall–Kier alpha value is -3.28. The molecule has 2 N–H and O–H groups in total. The third kappa shape index (κ3) is 3.79. The molecule has 130 valence electrons. The van der Waals surface area contributed by atoms with Gasteiger partial charge in [-0.25, -0.2) is 4.98 Å². The van der Waals surface area contributed by atoms with Crippen LogP contribution in [0, 0.1) is 0 Å². The van der Waals surface area contributed by atoms with Gasteiger partial charge in [-0.3, -0.25) is 4.98 Å². The molecule has 0 bridgehead atoms. The van der Waals surface area contributed by atoms with Gasteiger partial charge in [-0.15, -0.1) is 0 Å². The van der Waals surface area contributed by atoms with E-state index in [1.807, 2.05) is 60.7 Å². The summed E-state index contributed by atoms with van der Waals surface area (Å²) >= 11 is 0. The van der Waals surface area contributed by atoms with Crippen LogP contribution < -0.4 is 5.59 Å². The Morgan fingerprint density at radius 2 is 1.15 bits per heavy atom. The molecule has 4 nitrogen and oxygen atoms in total. The Labute approximate surface area is 158 Å². The highest BCUT2D eigenvalue weighted by Gasteiger charge is 2.15. The molecule has 0 spiro atoms. The van der Waals surface area contributed by atoms with Crippen molar-refractivity contribution >= 4 is 12.7 Å². The first-order valence-corrected chi connectivity index (χ1v) is 8.67. The molecular formula is C22H17BN2O2. The zero-order valence-electron chi connectivity index (χ0n) is 14.5. The summed E-state index contributed by atoms with van der Waals surface area (Å²) < 4.78 is 0. The average molecular weight is 352 g/mol. The second-order valence-electron chi connectivity index (χ2n) is 6.18. The minimum absolute atomic E-state index is 0.195. The first kappa shape index (κ1) is 17.2. The monoisotopic (exact) mass is 352 g/mol. The number of hydrogen-bond acceptors (Lipinski definition) is 4. The molecule has 0 unspecified atom stereocenters. The van der Waals surface area contributed by atoms with Gasteiger partial charge in [0.15, 0.2) is 0 Å². The second kappa shape index (κ2) is 7.54. The molecule has 0 saturated carbocycles. The van der Waals surface area contributed by atoms with Gasteiger partial charge in [0.1, 0.15) is 0 Å². The third-order valence-electron chi connectivity index (χ3n) is 4.30. The Kier molecular flexibility index (Phi) is 4.79. The van der Waals surface area contributed by atoms with E-state index in [0.29, 0.717) is 11.4 Å². The van der Waals surface area contributed by atoms with Crippen molar-refractivity contribution in [1.82, 2.24) is 9.97 Å². The molecule has 2 aromatic carbocycles. The van der Waals surface area contributed by atoms with Gasteiger partial charge < -0.3 is 10.0 Å². The minimum atomic E-state index is -1.61. The van der Waals surface area contributed by atoms with E-state index in [1.54, 1.807) is 12.1 Å². The lowest BCUT2D eigenvalue weighted by Crippen LogP contribution is -2.32. The van der Waals surface area contributed by atoms with Crippen molar-refractivity contribution in [3.8, 4) is 33.8 Å². The number of nitrogens with zero attached hydrogens (tertiary/aromatic N) is 2. The van der Waals surface area contributed by atoms with E-state index in [9.17, 15) is 10.0 Å². The Morgan fingerprint density at radius 1 is 0.519 bits per heavy atom. The lowest BCUT2D eigenvalue weighted by molar-refractivity contribution is 0.424. The van der Waals surface area contributed by atoms with Gasteiger partial charge in [0.25, 0.3) is 0 Å². The molecule has 5 heteroatoms. The second-order valence-corrected chi connectivity index (χ2v) is 6.18. The molecule has 0 amide bonds. The zero-order valence-corrected chi connectivity index (χ0v) is 14.5. The molecule has 0 saturated heterocycles. The SMILES string of the molecule is OB(O)c1cccc(-c2cc(-c3ccccc3)cc(-c3ccccc3)n2)n1. The van der Waals surface area contributed by atoms with E-state index in [2.05, 4.69) is 23.2 Å². The number of hydrogen-bond donors (Lipinski definition) is 2. The molecule has 0 fully saturated rings. The molecule has 0 radical (unpaired) electrons. The van der Waals surface area contributed by atoms with Crippen LogP contribution in [0.3, 0.4) is 0 Å². The lowest BCUT2D eigenvalue weighted by Gasteiger charge is -2.10. The van der Waals surface area contributed by atoms with Crippen LogP contribution in [0.4, 0.5) is 0 Å². The summed E-state index contributed by atoms with van der Waals surface area (Å²) in [6.07, 6.45) is 0. The van der Waals surface area contributed by atoms with Crippen molar-refractivity contribution in [3.63, 3.8) is 0 Å². The van der Waals surface area contributed by atoms with Crippen molar-refractivity contribution in [2.24, 2.45) is 0 Å². The van der Waals surface area contributed by atoms with Crippen LogP contribution in [0.25, 0.3) is 33.8 Å². The van der Waals surface area contributed by atoms with Crippen LogP contribution in [-0.2, 0) is 0 Å². The summed E-state index contributed by atoms with van der Waals surface area (Å²) in [6, 6.07) is 29.2. The van der Waals surface area contributed by atoms with E-state index in [1.165, 1.54) is 0 Å². The average Bonchev–Trinajstić information content (AvgIpc) is 2.75. The molecule has 0 aliphatic heterocycles. The van der Waals surface area contributed by atoms with Crippen LogP contribution in [0.1, 0.15) is 0 Å². The summed E-state index contributed by atoms with van der Waals surface area (Å²) in [7, 11) is -1.61. The van der Waals surface area contributed by atoms with Crippen LogP contribution in [0.5, 0.6) is 0 Å². The molecule has 0 atom stereocenters. The van der Waals surface area contributed by atoms with Gasteiger partial charge >= 0.3 is 7.12 Å². The maximum absolute atomic E-state index is 9.43. The molecule has 27 heavy (non-hydrogen) atoms. The van der Waals surface area contributed by atoms with Gasteiger partial charge in [-0.2, -0.15) is 0 Å². The highest BCUT2D eigenvalue weighted by Crippen LogP contribution is 2.29. The number of rotatable bonds is 4. The minimum Gasteiger partial charge on any atom is -0.422 e. The van der Waals surface area contributed by atoms with Gasteiger partial charge in [0, 0.05) is 5.56 Å². The maximum Gasteiger partial charge on any atom is 0.508 e. The highest BCUT2D eigenvalue weighted by atomic mass is 16.4. The first-order chi connectivity index (χ1) is 13.2. The van der Waals surface area contributed by atoms with Gasteiger partial charge in [-0.05, 0) is 35.4 Å². The first-order valence-electron chi connectivity index (χ1n) is 8.67. The number of aromatic nitrogens is 2. The fraction of sp³-hybridized carbons (Fsp3) is 0. The van der Waals surface area contributed by atoms with E-state index in [4.69, 9.17) is 4.98 Å². The number of benzene rings is 2. The smallest absolute Gasteiger partial charge is 0.422 e.